The molecule has 0 amide bonds. The van der Waals surface area contributed by atoms with Crippen molar-refractivity contribution in [2.45, 2.75) is 32.8 Å². The number of ether oxygens (including phenoxy) is 1. The highest BCUT2D eigenvalue weighted by Crippen LogP contribution is 2.33. The SMILES string of the molecule is CCCCc1nc2ccc(Br)cc2c(=O)n1N=Cc1cc(Cl)cc(Br)c1OCc1ccccc1F. The van der Waals surface area contributed by atoms with E-state index in [4.69, 9.17) is 21.3 Å². The molecule has 4 rings (SSSR count). The van der Waals surface area contributed by atoms with E-state index in [0.717, 1.165) is 17.3 Å². The topological polar surface area (TPSA) is 56.5 Å². The fourth-order valence-corrected chi connectivity index (χ4v) is 4.83. The van der Waals surface area contributed by atoms with E-state index >= 15 is 0 Å². The van der Waals surface area contributed by atoms with Crippen LogP contribution >= 0.6 is 43.5 Å². The van der Waals surface area contributed by atoms with Gasteiger partial charge in [0.1, 0.15) is 24.0 Å². The standard InChI is InChI=1S/C26H21Br2ClFN3O2/c1-2-3-8-24-32-23-10-9-18(27)12-20(23)26(34)33(24)31-14-17-11-19(29)13-21(28)25(17)35-15-16-6-4-5-7-22(16)30/h4-7,9-14H,2-3,8,15H2,1H3. The zero-order valence-corrected chi connectivity index (χ0v) is 22.7. The minimum Gasteiger partial charge on any atom is -0.487 e. The summed E-state index contributed by atoms with van der Waals surface area (Å²) in [5, 5.41) is 5.40. The Bertz CT molecular complexity index is 1470. The van der Waals surface area contributed by atoms with Gasteiger partial charge in [0.15, 0.2) is 0 Å². The molecule has 0 unspecified atom stereocenters. The van der Waals surface area contributed by atoms with Crippen molar-refractivity contribution < 1.29 is 9.13 Å². The molecule has 0 aliphatic rings. The Morgan fingerprint density at radius 3 is 2.74 bits per heavy atom. The van der Waals surface area contributed by atoms with Gasteiger partial charge in [-0.15, -0.1) is 0 Å². The van der Waals surface area contributed by atoms with E-state index < -0.39 is 0 Å². The van der Waals surface area contributed by atoms with Crippen molar-refractivity contribution in [1.29, 1.82) is 0 Å². The lowest BCUT2D eigenvalue weighted by molar-refractivity contribution is 0.297. The molecule has 35 heavy (non-hydrogen) atoms. The first kappa shape index (κ1) is 25.5. The smallest absolute Gasteiger partial charge is 0.282 e. The fourth-order valence-electron chi connectivity index (χ4n) is 3.52. The van der Waals surface area contributed by atoms with E-state index in [1.807, 2.05) is 12.1 Å². The molecule has 0 atom stereocenters. The number of hydrogen-bond donors (Lipinski definition) is 0. The van der Waals surface area contributed by atoms with Crippen LogP contribution in [0.4, 0.5) is 4.39 Å². The zero-order valence-electron chi connectivity index (χ0n) is 18.8. The van der Waals surface area contributed by atoms with Crippen LogP contribution in [0.15, 0.2) is 73.4 Å². The summed E-state index contributed by atoms with van der Waals surface area (Å²) in [6.45, 7) is 2.09. The van der Waals surface area contributed by atoms with Gasteiger partial charge < -0.3 is 4.74 Å². The van der Waals surface area contributed by atoms with Gasteiger partial charge in [0, 0.05) is 27.0 Å². The third kappa shape index (κ3) is 6.00. The maximum Gasteiger partial charge on any atom is 0.282 e. The molecule has 3 aromatic carbocycles. The number of hydrogen-bond acceptors (Lipinski definition) is 4. The van der Waals surface area contributed by atoms with E-state index in [1.54, 1.807) is 36.4 Å². The van der Waals surface area contributed by atoms with Crippen LogP contribution in [0, 0.1) is 5.82 Å². The van der Waals surface area contributed by atoms with Gasteiger partial charge in [-0.1, -0.05) is 59.1 Å². The summed E-state index contributed by atoms with van der Waals surface area (Å²) in [7, 11) is 0. The number of unbranched alkanes of at least 4 members (excludes halogenated alkanes) is 1. The van der Waals surface area contributed by atoms with Gasteiger partial charge in [-0.05, 0) is 58.7 Å². The second kappa shape index (κ2) is 11.5. The molecular formula is C26H21Br2ClFN3O2. The van der Waals surface area contributed by atoms with E-state index in [1.165, 1.54) is 17.0 Å². The van der Waals surface area contributed by atoms with Crippen LogP contribution in [0.25, 0.3) is 10.9 Å². The maximum atomic E-state index is 14.1. The van der Waals surface area contributed by atoms with Crippen molar-refractivity contribution >= 4 is 60.6 Å². The molecule has 0 N–H and O–H groups in total. The summed E-state index contributed by atoms with van der Waals surface area (Å²) in [6, 6.07) is 15.2. The minimum atomic E-state index is -0.353. The van der Waals surface area contributed by atoms with E-state index in [-0.39, 0.29) is 18.0 Å². The molecule has 1 aromatic heterocycles. The summed E-state index contributed by atoms with van der Waals surface area (Å²) in [4.78, 5) is 18.0. The summed E-state index contributed by atoms with van der Waals surface area (Å²) in [5.41, 5.74) is 1.30. The minimum absolute atomic E-state index is 0.0149. The van der Waals surface area contributed by atoms with Crippen molar-refractivity contribution in [3.8, 4) is 5.75 Å². The van der Waals surface area contributed by atoms with Crippen LogP contribution in [0.3, 0.4) is 0 Å². The van der Waals surface area contributed by atoms with E-state index in [0.29, 0.717) is 49.5 Å². The molecule has 0 aliphatic heterocycles. The average molecular weight is 622 g/mol. The lowest BCUT2D eigenvalue weighted by Gasteiger charge is -2.13. The first-order chi connectivity index (χ1) is 16.9. The first-order valence-corrected chi connectivity index (χ1v) is 12.9. The second-order valence-electron chi connectivity index (χ2n) is 7.84. The van der Waals surface area contributed by atoms with Crippen LogP contribution in [0.1, 0.15) is 36.7 Å². The Kier molecular flexibility index (Phi) is 8.36. The summed E-state index contributed by atoms with van der Waals surface area (Å²) in [6.07, 6.45) is 3.93. The average Bonchev–Trinajstić information content (AvgIpc) is 2.83. The zero-order chi connectivity index (χ0) is 24.9. The Morgan fingerprint density at radius 2 is 1.97 bits per heavy atom. The molecule has 0 aliphatic carbocycles. The molecule has 180 valence electrons. The van der Waals surface area contributed by atoms with Crippen LogP contribution in [0.5, 0.6) is 5.75 Å². The molecule has 0 saturated carbocycles. The van der Waals surface area contributed by atoms with Gasteiger partial charge in [-0.2, -0.15) is 9.78 Å². The number of aryl methyl sites for hydroxylation is 1. The Labute approximate surface area is 223 Å². The number of nitrogens with zero attached hydrogens (tertiary/aromatic N) is 3. The molecular weight excluding hydrogens is 601 g/mol. The summed E-state index contributed by atoms with van der Waals surface area (Å²) in [5.74, 6) is 0.646. The largest absolute Gasteiger partial charge is 0.487 e. The summed E-state index contributed by atoms with van der Waals surface area (Å²) < 4.78 is 22.7. The quantitative estimate of drug-likeness (QED) is 0.191. The van der Waals surface area contributed by atoms with Gasteiger partial charge in [-0.3, -0.25) is 4.79 Å². The third-order valence-corrected chi connectivity index (χ3v) is 6.61. The number of aromatic nitrogens is 2. The molecule has 5 nitrogen and oxygen atoms in total. The molecule has 0 fully saturated rings. The molecule has 0 bridgehead atoms. The van der Waals surface area contributed by atoms with Gasteiger partial charge in [0.2, 0.25) is 0 Å². The van der Waals surface area contributed by atoms with Gasteiger partial charge in [-0.25, -0.2) is 9.37 Å². The molecule has 9 heteroatoms. The third-order valence-electron chi connectivity index (χ3n) is 5.31. The van der Waals surface area contributed by atoms with E-state index in [2.05, 4.69) is 43.9 Å². The molecule has 1 heterocycles. The maximum absolute atomic E-state index is 14.1. The predicted octanol–water partition coefficient (Wildman–Crippen LogP) is 7.52. The van der Waals surface area contributed by atoms with Gasteiger partial charge >= 0.3 is 0 Å². The molecule has 0 radical (unpaired) electrons. The number of rotatable bonds is 8. The highest BCUT2D eigenvalue weighted by Gasteiger charge is 2.14. The number of benzene rings is 3. The van der Waals surface area contributed by atoms with Crippen molar-refractivity contribution in [3.05, 3.63) is 102 Å². The van der Waals surface area contributed by atoms with Gasteiger partial charge in [0.25, 0.3) is 5.56 Å². The van der Waals surface area contributed by atoms with Crippen molar-refractivity contribution in [2.75, 3.05) is 0 Å². The van der Waals surface area contributed by atoms with Crippen LogP contribution in [0.2, 0.25) is 5.02 Å². The lowest BCUT2D eigenvalue weighted by atomic mass is 10.2. The number of halogens is 4. The Hall–Kier alpha value is -2.55. The van der Waals surface area contributed by atoms with Crippen LogP contribution in [-0.2, 0) is 13.0 Å². The first-order valence-electron chi connectivity index (χ1n) is 11.0. The predicted molar refractivity (Wildman–Crippen MR) is 145 cm³/mol. The Morgan fingerprint density at radius 1 is 1.17 bits per heavy atom. The van der Waals surface area contributed by atoms with Crippen molar-refractivity contribution in [3.63, 3.8) is 0 Å². The summed E-state index contributed by atoms with van der Waals surface area (Å²) >= 11 is 13.2. The number of fused-ring (bicyclic) bond motifs is 1. The highest BCUT2D eigenvalue weighted by atomic mass is 79.9. The second-order valence-corrected chi connectivity index (χ2v) is 10.0. The van der Waals surface area contributed by atoms with Crippen molar-refractivity contribution in [2.24, 2.45) is 5.10 Å². The van der Waals surface area contributed by atoms with Crippen LogP contribution in [-0.4, -0.2) is 15.9 Å². The molecule has 0 spiro atoms. The van der Waals surface area contributed by atoms with E-state index in [9.17, 15) is 9.18 Å². The van der Waals surface area contributed by atoms with Crippen LogP contribution < -0.4 is 10.3 Å². The highest BCUT2D eigenvalue weighted by molar-refractivity contribution is 9.10. The molecule has 0 saturated heterocycles. The molecule has 4 aromatic rings. The Balaban J connectivity index is 1.76. The lowest BCUT2D eigenvalue weighted by Crippen LogP contribution is -2.22. The van der Waals surface area contributed by atoms with Crippen molar-refractivity contribution in [1.82, 2.24) is 9.66 Å². The normalized spacial score (nSPS) is 11.5. The fraction of sp³-hybridized carbons (Fsp3) is 0.192. The monoisotopic (exact) mass is 619 g/mol. The van der Waals surface area contributed by atoms with Gasteiger partial charge in [0.05, 0.1) is 21.6 Å².